The first-order chi connectivity index (χ1) is 18.7. The first-order valence-electron chi connectivity index (χ1n) is 14.3. The molecule has 1 aliphatic heterocycles. The third-order valence-corrected chi connectivity index (χ3v) is 10.8. The number of rotatable bonds is 7. The van der Waals surface area contributed by atoms with Gasteiger partial charge < -0.3 is 19.3 Å². The number of nitrogens with zero attached hydrogens (tertiary/aromatic N) is 6. The number of nitrogens with one attached hydrogen (secondary N) is 2. The van der Waals surface area contributed by atoms with Gasteiger partial charge in [-0.25, -0.2) is 14.8 Å². The number of H-pyrrole nitrogens is 1. The molecule has 4 heterocycles. The molecule has 2 aliphatic carbocycles. The molecule has 3 aromatic rings. The molecule has 13 heteroatoms. The van der Waals surface area contributed by atoms with E-state index >= 15 is 0 Å². The van der Waals surface area contributed by atoms with Gasteiger partial charge in [-0.05, 0) is 57.3 Å². The average Bonchev–Trinajstić information content (AvgIpc) is 3.42. The fourth-order valence-corrected chi connectivity index (χ4v) is 7.92. The maximum absolute atomic E-state index is 11.7. The topological polar surface area (TPSA) is 158 Å². The summed E-state index contributed by atoms with van der Waals surface area (Å²) in [6.45, 7) is 7.85. The molecule has 0 bridgehead atoms. The van der Waals surface area contributed by atoms with Crippen LogP contribution in [0.3, 0.4) is 0 Å². The molecule has 0 amide bonds. The molecule has 0 spiro atoms. The second kappa shape index (κ2) is 10.4. The Bertz CT molecular complexity index is 1370. The van der Waals surface area contributed by atoms with Crippen LogP contribution in [0.5, 0.6) is 0 Å². The molecule has 2 atom stereocenters. The molecular formula is C26H40N8O4S. The van der Waals surface area contributed by atoms with Crippen molar-refractivity contribution in [2.45, 2.75) is 84.3 Å². The van der Waals surface area contributed by atoms with E-state index in [1.807, 2.05) is 6.92 Å². The van der Waals surface area contributed by atoms with E-state index < -0.39 is 16.3 Å². The molecule has 0 aromatic carbocycles. The molecule has 4 N–H and O–H groups in total. The molecule has 3 aromatic heterocycles. The summed E-state index contributed by atoms with van der Waals surface area (Å²) in [5.41, 5.74) is 1.37. The summed E-state index contributed by atoms with van der Waals surface area (Å²) in [4.78, 5) is 32.4. The molecular weight excluding hydrogens is 520 g/mol. The molecule has 1 unspecified atom stereocenters. The van der Waals surface area contributed by atoms with Crippen LogP contribution in [0, 0.1) is 17.8 Å². The van der Waals surface area contributed by atoms with Crippen LogP contribution in [0.15, 0.2) is 9.32 Å². The van der Waals surface area contributed by atoms with Crippen molar-refractivity contribution in [3.8, 4) is 11.6 Å². The van der Waals surface area contributed by atoms with Crippen LogP contribution in [0.2, 0.25) is 0 Å². The number of aromatic amines is 1. The van der Waals surface area contributed by atoms with Gasteiger partial charge in [0.2, 0.25) is 17.6 Å². The SMILES string of the molecule is CC1CS(O)(O)CCN1c1nc2nc(-c3nc(=O)o[nH]3)nc(N[C@H](C)C3CCC3)c2n1C[C@H]1CC[C@H](C)CC1. The molecule has 214 valence electrons. The summed E-state index contributed by atoms with van der Waals surface area (Å²) in [5.74, 6) is 3.63. The molecule has 3 fully saturated rings. The molecule has 12 nitrogen and oxygen atoms in total. The zero-order chi connectivity index (χ0) is 27.3. The number of hydrogen-bond donors (Lipinski definition) is 4. The lowest BCUT2D eigenvalue weighted by Crippen LogP contribution is -2.46. The van der Waals surface area contributed by atoms with Crippen LogP contribution < -0.4 is 16.0 Å². The highest BCUT2D eigenvalue weighted by Crippen LogP contribution is 2.44. The highest BCUT2D eigenvalue weighted by molar-refractivity contribution is 8.24. The average molecular weight is 561 g/mol. The summed E-state index contributed by atoms with van der Waals surface area (Å²) in [5, 5.41) is 6.21. The highest BCUT2D eigenvalue weighted by atomic mass is 32.3. The Morgan fingerprint density at radius 1 is 1.10 bits per heavy atom. The van der Waals surface area contributed by atoms with Gasteiger partial charge in [0.1, 0.15) is 5.52 Å². The predicted octanol–water partition coefficient (Wildman–Crippen LogP) is 4.56. The van der Waals surface area contributed by atoms with Gasteiger partial charge >= 0.3 is 5.76 Å². The van der Waals surface area contributed by atoms with Gasteiger partial charge in [-0.15, -0.1) is 4.98 Å². The predicted molar refractivity (Wildman–Crippen MR) is 152 cm³/mol. The summed E-state index contributed by atoms with van der Waals surface area (Å²) in [7, 11) is -2.59. The Morgan fingerprint density at radius 2 is 1.87 bits per heavy atom. The van der Waals surface area contributed by atoms with E-state index in [2.05, 4.69) is 38.8 Å². The fraction of sp³-hybridized carbons (Fsp3) is 0.731. The van der Waals surface area contributed by atoms with Gasteiger partial charge in [-0.1, -0.05) is 26.2 Å². The smallest absolute Gasteiger partial charge is 0.365 e. The molecule has 3 aliphatic rings. The van der Waals surface area contributed by atoms with Crippen molar-refractivity contribution >= 4 is 33.5 Å². The van der Waals surface area contributed by atoms with Gasteiger partial charge in [0.25, 0.3) is 0 Å². The van der Waals surface area contributed by atoms with E-state index in [0.29, 0.717) is 41.4 Å². The van der Waals surface area contributed by atoms with Crippen molar-refractivity contribution in [3.63, 3.8) is 0 Å². The minimum Gasteiger partial charge on any atom is -0.365 e. The largest absolute Gasteiger partial charge is 0.460 e. The Kier molecular flexibility index (Phi) is 7.09. The quantitative estimate of drug-likeness (QED) is 0.323. The lowest BCUT2D eigenvalue weighted by molar-refractivity contribution is 0.266. The molecule has 1 saturated heterocycles. The Balaban J connectivity index is 1.47. The number of aromatic nitrogens is 6. The third-order valence-electron chi connectivity index (χ3n) is 8.99. The minimum absolute atomic E-state index is 0.0877. The normalized spacial score (nSPS) is 27.3. The second-order valence-corrected chi connectivity index (χ2v) is 14.3. The Morgan fingerprint density at radius 3 is 2.51 bits per heavy atom. The Hall–Kier alpha value is -2.64. The third kappa shape index (κ3) is 5.40. The van der Waals surface area contributed by atoms with Crippen LogP contribution in [0.25, 0.3) is 22.8 Å². The van der Waals surface area contributed by atoms with Gasteiger partial charge in [0.05, 0.1) is 11.5 Å². The van der Waals surface area contributed by atoms with Crippen molar-refractivity contribution in [1.82, 2.24) is 29.7 Å². The summed E-state index contributed by atoms with van der Waals surface area (Å²) < 4.78 is 27.9. The van der Waals surface area contributed by atoms with Crippen LogP contribution in [-0.2, 0) is 6.54 Å². The van der Waals surface area contributed by atoms with Gasteiger partial charge in [-0.3, -0.25) is 9.11 Å². The van der Waals surface area contributed by atoms with Crippen LogP contribution >= 0.6 is 10.6 Å². The van der Waals surface area contributed by atoms with E-state index in [4.69, 9.17) is 19.5 Å². The van der Waals surface area contributed by atoms with Crippen molar-refractivity contribution in [2.75, 3.05) is 28.3 Å². The number of hydrogen-bond acceptors (Lipinski definition) is 10. The van der Waals surface area contributed by atoms with Crippen molar-refractivity contribution in [3.05, 3.63) is 10.6 Å². The lowest BCUT2D eigenvalue weighted by atomic mass is 9.80. The standard InChI is InChI=1S/C26H40N8O4S/c1-15-7-9-18(10-8-15)13-34-20-21(27-17(3)19-5-4-6-19)28-23(24-31-26(35)38-32-24)29-22(20)30-25(34)33-11-12-39(36,37)14-16(33)2/h15-19,36-37H,4-14H2,1-3H3,(H,27,28,29)(H,31,32,35)/t15-,16?,17-,18-/m1/s1. The monoisotopic (exact) mass is 560 g/mol. The fourth-order valence-electron chi connectivity index (χ4n) is 6.31. The summed E-state index contributed by atoms with van der Waals surface area (Å²) >= 11 is 0. The van der Waals surface area contributed by atoms with Crippen LogP contribution in [-0.4, -0.2) is 68.9 Å². The maximum Gasteiger partial charge on any atom is 0.460 e. The molecule has 6 rings (SSSR count). The summed E-state index contributed by atoms with van der Waals surface area (Å²) in [6, 6.07) is 0.126. The Labute approximate surface area is 229 Å². The van der Waals surface area contributed by atoms with Crippen LogP contribution in [0.4, 0.5) is 11.8 Å². The highest BCUT2D eigenvalue weighted by Gasteiger charge is 2.34. The second-order valence-electron chi connectivity index (χ2n) is 12.0. The zero-order valence-electron chi connectivity index (χ0n) is 23.0. The summed E-state index contributed by atoms with van der Waals surface area (Å²) in [6.07, 6.45) is 8.39. The van der Waals surface area contributed by atoms with Gasteiger partial charge in [-0.2, -0.15) is 20.7 Å². The molecule has 0 radical (unpaired) electrons. The molecule has 2 saturated carbocycles. The maximum atomic E-state index is 11.7. The van der Waals surface area contributed by atoms with Gasteiger partial charge in [0.15, 0.2) is 11.5 Å². The number of fused-ring (bicyclic) bond motifs is 1. The first-order valence-corrected chi connectivity index (χ1v) is 16.2. The van der Waals surface area contributed by atoms with Gasteiger partial charge in [0, 0.05) is 25.2 Å². The van der Waals surface area contributed by atoms with E-state index in [-0.39, 0.29) is 23.7 Å². The van der Waals surface area contributed by atoms with Crippen LogP contribution in [0.1, 0.15) is 65.7 Å². The van der Waals surface area contributed by atoms with Crippen molar-refractivity contribution < 1.29 is 13.6 Å². The van der Waals surface area contributed by atoms with E-state index in [9.17, 15) is 13.9 Å². The zero-order valence-corrected chi connectivity index (χ0v) is 23.8. The van der Waals surface area contributed by atoms with E-state index in [0.717, 1.165) is 36.8 Å². The number of imidazole rings is 1. The molecule has 39 heavy (non-hydrogen) atoms. The van der Waals surface area contributed by atoms with Crippen molar-refractivity contribution in [1.29, 1.82) is 0 Å². The first kappa shape index (κ1) is 26.6. The van der Waals surface area contributed by atoms with E-state index in [1.165, 1.54) is 32.1 Å². The minimum atomic E-state index is -2.59. The van der Waals surface area contributed by atoms with Crippen molar-refractivity contribution in [2.24, 2.45) is 17.8 Å². The van der Waals surface area contributed by atoms with E-state index in [1.54, 1.807) is 0 Å². The number of anilines is 2. The lowest BCUT2D eigenvalue weighted by Gasteiger charge is -2.45.